The van der Waals surface area contributed by atoms with Gasteiger partial charge in [0.05, 0.1) is 0 Å². The van der Waals surface area contributed by atoms with Crippen molar-refractivity contribution >= 4 is 23.4 Å². The summed E-state index contributed by atoms with van der Waals surface area (Å²) in [6.07, 6.45) is 4.73. The molecule has 26 heavy (non-hydrogen) atoms. The van der Waals surface area contributed by atoms with E-state index in [0.29, 0.717) is 12.2 Å². The molecular weight excluding hydrogens is 336 g/mol. The number of amides is 3. The number of aliphatic hydroxyl groups is 1. The second-order valence-corrected chi connectivity index (χ2v) is 5.74. The van der Waals surface area contributed by atoms with E-state index in [1.54, 1.807) is 36.7 Å². The number of carbonyl (C=O) groups is 2. The maximum atomic E-state index is 12.2. The second kappa shape index (κ2) is 7.16. The van der Waals surface area contributed by atoms with Crippen LogP contribution in [0.2, 0.25) is 0 Å². The van der Waals surface area contributed by atoms with Crippen molar-refractivity contribution in [3.8, 4) is 6.07 Å². The zero-order chi connectivity index (χ0) is 18.6. The highest BCUT2D eigenvalue weighted by molar-refractivity contribution is 6.04. The van der Waals surface area contributed by atoms with Crippen LogP contribution < -0.4 is 15.5 Å². The third-order valence-corrected chi connectivity index (χ3v) is 3.98. The number of hydrogen-bond acceptors (Lipinski definition) is 6. The van der Waals surface area contributed by atoms with Crippen LogP contribution in [-0.2, 0) is 11.3 Å². The fourth-order valence-corrected chi connectivity index (χ4v) is 2.55. The molecule has 1 atom stereocenters. The number of aromatic nitrogens is 2. The number of rotatable bonds is 4. The van der Waals surface area contributed by atoms with E-state index >= 15 is 0 Å². The Balaban J connectivity index is 1.64. The average Bonchev–Trinajstić information content (AvgIpc) is 2.97. The van der Waals surface area contributed by atoms with Crippen molar-refractivity contribution < 1.29 is 14.7 Å². The molecule has 3 heterocycles. The van der Waals surface area contributed by atoms with Crippen molar-refractivity contribution in [1.82, 2.24) is 15.3 Å². The Labute approximate surface area is 149 Å². The van der Waals surface area contributed by atoms with Crippen LogP contribution in [0.5, 0.6) is 0 Å². The Hall–Kier alpha value is -3.51. The van der Waals surface area contributed by atoms with Gasteiger partial charge < -0.3 is 15.3 Å². The Morgan fingerprint density at radius 1 is 1.35 bits per heavy atom. The van der Waals surface area contributed by atoms with E-state index in [1.165, 1.54) is 17.2 Å². The Bertz CT molecular complexity index is 866. The molecule has 0 unspecified atom stereocenters. The van der Waals surface area contributed by atoms with Gasteiger partial charge in [0.2, 0.25) is 5.60 Å². The fourth-order valence-electron chi connectivity index (χ4n) is 2.55. The number of hydrogen-bond donors (Lipinski definition) is 3. The minimum absolute atomic E-state index is 0.0276. The quantitative estimate of drug-likeness (QED) is 0.697. The first-order chi connectivity index (χ1) is 12.5. The predicted molar refractivity (Wildman–Crippen MR) is 91.9 cm³/mol. The highest BCUT2D eigenvalue weighted by atomic mass is 16.3. The van der Waals surface area contributed by atoms with Crippen LogP contribution in [0.25, 0.3) is 0 Å². The summed E-state index contributed by atoms with van der Waals surface area (Å²) in [7, 11) is 0. The lowest BCUT2D eigenvalue weighted by Crippen LogP contribution is -2.38. The molecule has 2 aromatic heterocycles. The summed E-state index contributed by atoms with van der Waals surface area (Å²) >= 11 is 0. The molecule has 1 saturated heterocycles. The maximum absolute atomic E-state index is 12.2. The van der Waals surface area contributed by atoms with Gasteiger partial charge in [-0.15, -0.1) is 0 Å². The van der Waals surface area contributed by atoms with Gasteiger partial charge in [0.1, 0.15) is 11.9 Å². The topological polar surface area (TPSA) is 131 Å². The van der Waals surface area contributed by atoms with E-state index in [-0.39, 0.29) is 18.8 Å². The van der Waals surface area contributed by atoms with Gasteiger partial charge in [-0.1, -0.05) is 0 Å². The smallest absolute Gasteiger partial charge is 0.320 e. The molecule has 0 bridgehead atoms. The van der Waals surface area contributed by atoms with Crippen LogP contribution in [0.3, 0.4) is 0 Å². The summed E-state index contributed by atoms with van der Waals surface area (Å²) in [5.74, 6) is -0.436. The van der Waals surface area contributed by atoms with Crippen LogP contribution >= 0.6 is 0 Å². The molecule has 1 fully saturated rings. The third kappa shape index (κ3) is 3.60. The molecule has 0 spiro atoms. The number of urea groups is 1. The van der Waals surface area contributed by atoms with Crippen molar-refractivity contribution in [2.45, 2.75) is 18.6 Å². The van der Waals surface area contributed by atoms with Crippen LogP contribution in [0.1, 0.15) is 12.0 Å². The molecule has 3 amide bonds. The second-order valence-electron chi connectivity index (χ2n) is 5.74. The molecule has 0 saturated carbocycles. The number of pyridine rings is 2. The third-order valence-electron chi connectivity index (χ3n) is 3.98. The van der Waals surface area contributed by atoms with Gasteiger partial charge in [0, 0.05) is 49.9 Å². The number of nitrogens with zero attached hydrogens (tertiary/aromatic N) is 4. The lowest BCUT2D eigenvalue weighted by atomic mass is 10.1. The van der Waals surface area contributed by atoms with Crippen LogP contribution in [-0.4, -0.2) is 39.2 Å². The van der Waals surface area contributed by atoms with Crippen LogP contribution in [0.15, 0.2) is 42.9 Å². The van der Waals surface area contributed by atoms with Crippen LogP contribution in [0, 0.1) is 11.3 Å². The van der Waals surface area contributed by atoms with Gasteiger partial charge >= 0.3 is 6.03 Å². The SMILES string of the molecule is N#C[C@@]1(O)CCN(c2ccnc(NC(=O)NCc3ccncc3)c2)C1=O. The Kier molecular flexibility index (Phi) is 4.77. The molecule has 9 heteroatoms. The summed E-state index contributed by atoms with van der Waals surface area (Å²) in [5, 5.41) is 24.2. The largest absolute Gasteiger partial charge is 0.368 e. The van der Waals surface area contributed by atoms with Gasteiger partial charge in [-0.3, -0.25) is 15.1 Å². The molecule has 1 aliphatic rings. The monoisotopic (exact) mass is 352 g/mol. The van der Waals surface area contributed by atoms with Gasteiger partial charge in [-0.2, -0.15) is 5.26 Å². The highest BCUT2D eigenvalue weighted by Crippen LogP contribution is 2.28. The zero-order valence-corrected chi connectivity index (χ0v) is 13.7. The lowest BCUT2D eigenvalue weighted by Gasteiger charge is -2.18. The highest BCUT2D eigenvalue weighted by Gasteiger charge is 2.46. The van der Waals surface area contributed by atoms with Crippen molar-refractivity contribution in [2.24, 2.45) is 0 Å². The first-order valence-corrected chi connectivity index (χ1v) is 7.87. The summed E-state index contributed by atoms with van der Waals surface area (Å²) in [6, 6.07) is 7.83. The zero-order valence-electron chi connectivity index (χ0n) is 13.7. The van der Waals surface area contributed by atoms with E-state index in [2.05, 4.69) is 20.6 Å². The Morgan fingerprint density at radius 3 is 2.81 bits per heavy atom. The molecule has 9 nitrogen and oxygen atoms in total. The van der Waals surface area contributed by atoms with E-state index in [4.69, 9.17) is 5.26 Å². The first kappa shape index (κ1) is 17.3. The number of carbonyl (C=O) groups excluding carboxylic acids is 2. The number of nitrogens with one attached hydrogen (secondary N) is 2. The van der Waals surface area contributed by atoms with Gasteiger partial charge in [0.15, 0.2) is 0 Å². The fraction of sp³-hybridized carbons (Fsp3) is 0.235. The molecule has 132 valence electrons. The van der Waals surface area contributed by atoms with Crippen molar-refractivity contribution in [3.05, 3.63) is 48.4 Å². The lowest BCUT2D eigenvalue weighted by molar-refractivity contribution is -0.128. The maximum Gasteiger partial charge on any atom is 0.320 e. The minimum Gasteiger partial charge on any atom is -0.368 e. The molecule has 0 aromatic carbocycles. The van der Waals surface area contributed by atoms with E-state index < -0.39 is 17.5 Å². The normalized spacial score (nSPS) is 19.1. The average molecular weight is 352 g/mol. The van der Waals surface area contributed by atoms with Crippen molar-refractivity contribution in [1.29, 1.82) is 5.26 Å². The van der Waals surface area contributed by atoms with Crippen molar-refractivity contribution in [2.75, 3.05) is 16.8 Å². The van der Waals surface area contributed by atoms with Gasteiger partial charge in [0.25, 0.3) is 5.91 Å². The standard InChI is InChI=1S/C17H16N6O3/c18-11-17(26)4-8-23(15(17)24)13-3-7-20-14(9-13)22-16(25)21-10-12-1-5-19-6-2-12/h1-3,5-7,9,26H,4,8,10H2,(H2,20,21,22,25)/t17-/m0/s1. The molecule has 2 aromatic rings. The number of anilines is 2. The van der Waals surface area contributed by atoms with E-state index in [0.717, 1.165) is 5.56 Å². The summed E-state index contributed by atoms with van der Waals surface area (Å²) in [5.41, 5.74) is -0.658. The minimum atomic E-state index is -2.00. The molecule has 0 radical (unpaired) electrons. The first-order valence-electron chi connectivity index (χ1n) is 7.87. The van der Waals surface area contributed by atoms with E-state index in [9.17, 15) is 14.7 Å². The summed E-state index contributed by atoms with van der Waals surface area (Å²) in [4.78, 5) is 33.4. The van der Waals surface area contributed by atoms with Gasteiger partial charge in [-0.25, -0.2) is 9.78 Å². The predicted octanol–water partition coefficient (Wildman–Crippen LogP) is 0.790. The molecular formula is C17H16N6O3. The summed E-state index contributed by atoms with van der Waals surface area (Å²) in [6.45, 7) is 0.536. The molecule has 3 N–H and O–H groups in total. The van der Waals surface area contributed by atoms with Crippen LogP contribution in [0.4, 0.5) is 16.3 Å². The van der Waals surface area contributed by atoms with Gasteiger partial charge in [-0.05, 0) is 23.8 Å². The summed E-state index contributed by atoms with van der Waals surface area (Å²) < 4.78 is 0. The van der Waals surface area contributed by atoms with E-state index in [1.807, 2.05) is 0 Å². The number of nitriles is 1. The molecule has 1 aliphatic heterocycles. The Morgan fingerprint density at radius 2 is 2.12 bits per heavy atom. The molecule has 0 aliphatic carbocycles. The van der Waals surface area contributed by atoms with Crippen molar-refractivity contribution in [3.63, 3.8) is 0 Å². The molecule has 3 rings (SSSR count).